The average molecular weight is 489 g/mol. The first-order chi connectivity index (χ1) is 15.8. The molecule has 1 unspecified atom stereocenters. The van der Waals surface area contributed by atoms with E-state index < -0.39 is 10.0 Å². The lowest BCUT2D eigenvalue weighted by molar-refractivity contribution is -0.139. The number of carbonyl (C=O) groups excluding carboxylic acids is 1. The van der Waals surface area contributed by atoms with Gasteiger partial charge in [0.05, 0.1) is 0 Å². The Labute approximate surface area is 200 Å². The van der Waals surface area contributed by atoms with E-state index in [1.54, 1.807) is 42.7 Å². The summed E-state index contributed by atoms with van der Waals surface area (Å²) in [6, 6.07) is 10.8. The second kappa shape index (κ2) is 10.2. The summed E-state index contributed by atoms with van der Waals surface area (Å²) in [5.74, 6) is 0.129. The monoisotopic (exact) mass is 488 g/mol. The van der Waals surface area contributed by atoms with Crippen molar-refractivity contribution in [2.24, 2.45) is 5.92 Å². The van der Waals surface area contributed by atoms with Gasteiger partial charge in [0.25, 0.3) is 0 Å². The SMILES string of the molecule is CC1CN(S(=O)(=O)/C=C/c2ccc(Cl)cc2)CCN1C(=O)C1CCN(c2ccncc2)CC1. The molecule has 2 aromatic rings. The fourth-order valence-electron chi connectivity index (χ4n) is 4.48. The molecule has 0 radical (unpaired) electrons. The van der Waals surface area contributed by atoms with Crippen molar-refractivity contribution in [2.45, 2.75) is 25.8 Å². The highest BCUT2D eigenvalue weighted by atomic mass is 35.5. The Morgan fingerprint density at radius 3 is 2.33 bits per heavy atom. The van der Waals surface area contributed by atoms with E-state index in [9.17, 15) is 13.2 Å². The number of pyridine rings is 1. The van der Waals surface area contributed by atoms with E-state index in [0.29, 0.717) is 24.7 Å². The Kier molecular flexibility index (Phi) is 7.36. The number of piperidine rings is 1. The van der Waals surface area contributed by atoms with Crippen LogP contribution in [0.25, 0.3) is 6.08 Å². The van der Waals surface area contributed by atoms with Gasteiger partial charge in [0.15, 0.2) is 0 Å². The smallest absolute Gasteiger partial charge is 0.236 e. The normalized spacial score (nSPS) is 21.0. The summed E-state index contributed by atoms with van der Waals surface area (Å²) in [6.07, 6.45) is 6.75. The van der Waals surface area contributed by atoms with Crippen molar-refractivity contribution in [1.82, 2.24) is 14.2 Å². The molecule has 7 nitrogen and oxygen atoms in total. The minimum absolute atomic E-state index is 0.0153. The predicted octanol–water partition coefficient (Wildman–Crippen LogP) is 3.48. The first kappa shape index (κ1) is 23.7. The number of amides is 1. The fourth-order valence-corrected chi connectivity index (χ4v) is 5.87. The van der Waals surface area contributed by atoms with Crippen molar-refractivity contribution in [2.75, 3.05) is 37.6 Å². The number of halogens is 1. The molecule has 2 aliphatic rings. The van der Waals surface area contributed by atoms with Crippen LogP contribution in [0, 0.1) is 5.92 Å². The Morgan fingerprint density at radius 1 is 1.03 bits per heavy atom. The van der Waals surface area contributed by atoms with Crippen molar-refractivity contribution >= 4 is 39.3 Å². The number of rotatable bonds is 5. The van der Waals surface area contributed by atoms with Gasteiger partial charge in [-0.05, 0) is 55.7 Å². The van der Waals surface area contributed by atoms with Crippen molar-refractivity contribution in [3.63, 3.8) is 0 Å². The zero-order valence-electron chi connectivity index (χ0n) is 18.7. The zero-order valence-corrected chi connectivity index (χ0v) is 20.3. The van der Waals surface area contributed by atoms with Crippen LogP contribution in [0.4, 0.5) is 5.69 Å². The molecule has 3 heterocycles. The van der Waals surface area contributed by atoms with Gasteiger partial charge in [0.2, 0.25) is 15.9 Å². The van der Waals surface area contributed by atoms with Crippen molar-refractivity contribution in [1.29, 1.82) is 0 Å². The molecule has 1 aromatic heterocycles. The molecule has 0 spiro atoms. The summed E-state index contributed by atoms with van der Waals surface area (Å²) in [6.45, 7) is 4.61. The molecule has 1 amide bonds. The number of benzene rings is 1. The molecule has 0 N–H and O–H groups in total. The third-order valence-corrected chi connectivity index (χ3v) is 8.19. The molecule has 9 heteroatoms. The molecule has 2 fully saturated rings. The number of hydrogen-bond acceptors (Lipinski definition) is 5. The highest BCUT2D eigenvalue weighted by Gasteiger charge is 2.36. The lowest BCUT2D eigenvalue weighted by Crippen LogP contribution is -2.57. The van der Waals surface area contributed by atoms with E-state index in [2.05, 4.69) is 9.88 Å². The lowest BCUT2D eigenvalue weighted by atomic mass is 9.94. The molecular weight excluding hydrogens is 460 g/mol. The van der Waals surface area contributed by atoms with Crippen LogP contribution in [0.5, 0.6) is 0 Å². The van der Waals surface area contributed by atoms with Gasteiger partial charge in [-0.15, -0.1) is 0 Å². The van der Waals surface area contributed by atoms with Crippen LogP contribution in [0.2, 0.25) is 5.02 Å². The van der Waals surface area contributed by atoms with E-state index in [1.807, 2.05) is 24.0 Å². The molecule has 176 valence electrons. The predicted molar refractivity (Wildman–Crippen MR) is 131 cm³/mol. The third kappa shape index (κ3) is 5.75. The number of anilines is 1. The second-order valence-electron chi connectivity index (χ2n) is 8.60. The molecule has 2 saturated heterocycles. The summed E-state index contributed by atoms with van der Waals surface area (Å²) in [5.41, 5.74) is 1.90. The number of hydrogen-bond donors (Lipinski definition) is 0. The van der Waals surface area contributed by atoms with Gasteiger partial charge < -0.3 is 9.80 Å². The minimum Gasteiger partial charge on any atom is -0.371 e. The molecule has 4 rings (SSSR count). The van der Waals surface area contributed by atoms with Gasteiger partial charge in [-0.3, -0.25) is 9.78 Å². The van der Waals surface area contributed by atoms with E-state index in [4.69, 9.17) is 11.6 Å². The summed E-state index contributed by atoms with van der Waals surface area (Å²) in [7, 11) is -3.57. The summed E-state index contributed by atoms with van der Waals surface area (Å²) in [5, 5.41) is 1.84. The number of carbonyl (C=O) groups is 1. The molecule has 1 atom stereocenters. The summed E-state index contributed by atoms with van der Waals surface area (Å²) in [4.78, 5) is 21.4. The van der Waals surface area contributed by atoms with E-state index >= 15 is 0 Å². The molecule has 0 aliphatic carbocycles. The van der Waals surface area contributed by atoms with Crippen molar-refractivity contribution in [3.8, 4) is 0 Å². The molecule has 1 aromatic carbocycles. The first-order valence-corrected chi connectivity index (χ1v) is 13.1. The topological polar surface area (TPSA) is 73.8 Å². The van der Waals surface area contributed by atoms with Gasteiger partial charge in [-0.1, -0.05) is 23.7 Å². The maximum absolute atomic E-state index is 13.2. The maximum Gasteiger partial charge on any atom is 0.236 e. The maximum atomic E-state index is 13.2. The minimum atomic E-state index is -3.57. The van der Waals surface area contributed by atoms with Gasteiger partial charge in [0.1, 0.15) is 0 Å². The van der Waals surface area contributed by atoms with Gasteiger partial charge in [-0.25, -0.2) is 8.42 Å². The van der Waals surface area contributed by atoms with E-state index in [0.717, 1.165) is 37.2 Å². The van der Waals surface area contributed by atoms with Crippen molar-refractivity contribution < 1.29 is 13.2 Å². The molecule has 0 saturated carbocycles. The standard InChI is InChI=1S/C24H29ClN4O3S/c1-19-18-28(33(31,32)17-10-20-2-4-22(25)5-3-20)15-16-29(19)24(30)21-8-13-27(14-9-21)23-6-11-26-12-7-23/h2-7,10-12,17,19,21H,8-9,13-16,18H2,1H3/b17-10+. The third-order valence-electron chi connectivity index (χ3n) is 6.41. The van der Waals surface area contributed by atoms with Gasteiger partial charge in [0, 0.05) is 73.2 Å². The van der Waals surface area contributed by atoms with Crippen LogP contribution in [-0.2, 0) is 14.8 Å². The number of nitrogens with zero attached hydrogens (tertiary/aromatic N) is 4. The Balaban J connectivity index is 1.32. The Morgan fingerprint density at radius 2 is 1.70 bits per heavy atom. The lowest BCUT2D eigenvalue weighted by Gasteiger charge is -2.42. The molecule has 2 aliphatic heterocycles. The second-order valence-corrected chi connectivity index (χ2v) is 10.9. The summed E-state index contributed by atoms with van der Waals surface area (Å²) >= 11 is 5.88. The first-order valence-electron chi connectivity index (χ1n) is 11.2. The van der Waals surface area contributed by atoms with Crippen LogP contribution < -0.4 is 4.90 Å². The zero-order chi connectivity index (χ0) is 23.4. The van der Waals surface area contributed by atoms with E-state index in [1.165, 1.54) is 9.71 Å². The Hall–Kier alpha value is -2.42. The van der Waals surface area contributed by atoms with Crippen LogP contribution in [0.1, 0.15) is 25.3 Å². The van der Waals surface area contributed by atoms with Crippen LogP contribution >= 0.6 is 11.6 Å². The number of piperazine rings is 1. The van der Waals surface area contributed by atoms with Crippen LogP contribution in [0.3, 0.4) is 0 Å². The van der Waals surface area contributed by atoms with E-state index in [-0.39, 0.29) is 17.9 Å². The number of aromatic nitrogens is 1. The average Bonchev–Trinajstić information content (AvgIpc) is 2.84. The fraction of sp³-hybridized carbons (Fsp3) is 0.417. The quantitative estimate of drug-likeness (QED) is 0.644. The largest absolute Gasteiger partial charge is 0.371 e. The number of sulfonamides is 1. The molecular formula is C24H29ClN4O3S. The van der Waals surface area contributed by atoms with Gasteiger partial charge in [-0.2, -0.15) is 4.31 Å². The highest BCUT2D eigenvalue weighted by Crippen LogP contribution is 2.26. The highest BCUT2D eigenvalue weighted by molar-refractivity contribution is 7.92. The molecule has 33 heavy (non-hydrogen) atoms. The molecule has 0 bridgehead atoms. The van der Waals surface area contributed by atoms with Crippen LogP contribution in [-0.4, -0.2) is 67.3 Å². The summed E-state index contributed by atoms with van der Waals surface area (Å²) < 4.78 is 27.1. The van der Waals surface area contributed by atoms with Crippen LogP contribution in [0.15, 0.2) is 54.2 Å². The van der Waals surface area contributed by atoms with Crippen molar-refractivity contribution in [3.05, 3.63) is 64.8 Å². The Bertz CT molecular complexity index is 1080. The van der Waals surface area contributed by atoms with Gasteiger partial charge >= 0.3 is 0 Å².